The Morgan fingerprint density at radius 3 is 2.48 bits per heavy atom. The quantitative estimate of drug-likeness (QED) is 0.702. The first-order valence-electron chi connectivity index (χ1n) is 6.35. The molecule has 3 N–H and O–H groups in total. The highest BCUT2D eigenvalue weighted by Crippen LogP contribution is 2.12. The molecule has 0 fully saturated rings. The third-order valence-corrected chi connectivity index (χ3v) is 2.75. The van der Waals surface area contributed by atoms with Crippen LogP contribution in [0.4, 0.5) is 0 Å². The van der Waals surface area contributed by atoms with Gasteiger partial charge in [0.25, 0.3) is 5.91 Å². The van der Waals surface area contributed by atoms with Crippen molar-refractivity contribution in [2.45, 2.75) is 26.3 Å². The zero-order chi connectivity index (χ0) is 16.0. The topological polar surface area (TPSA) is 109 Å². The molecule has 0 aliphatic carbocycles. The zero-order valence-electron chi connectivity index (χ0n) is 11.7. The summed E-state index contributed by atoms with van der Waals surface area (Å²) in [6.45, 7) is 3.36. The molecule has 1 aromatic heterocycles. The van der Waals surface area contributed by atoms with Gasteiger partial charge in [0.1, 0.15) is 6.04 Å². The Balaban J connectivity index is 2.45. The fourth-order valence-electron chi connectivity index (χ4n) is 1.62. The third kappa shape index (κ3) is 5.86. The molecule has 0 radical (unpaired) electrons. The molecule has 0 aliphatic heterocycles. The molecule has 8 heteroatoms. The summed E-state index contributed by atoms with van der Waals surface area (Å²) in [6, 6.07) is 1.79. The highest BCUT2D eigenvalue weighted by atomic mass is 35.5. The minimum Gasteiger partial charge on any atom is -0.480 e. The Bertz CT molecular complexity index is 526. The van der Waals surface area contributed by atoms with Gasteiger partial charge in [-0.1, -0.05) is 13.8 Å². The number of carbonyl (C=O) groups excluding carboxylic acids is 2. The summed E-state index contributed by atoms with van der Waals surface area (Å²) in [5.41, 5.74) is 0. The van der Waals surface area contributed by atoms with Crippen LogP contribution in [0, 0.1) is 5.92 Å². The normalized spacial score (nSPS) is 12.0. The van der Waals surface area contributed by atoms with Crippen LogP contribution in [-0.2, 0) is 9.59 Å². The molecule has 1 atom stereocenters. The van der Waals surface area contributed by atoms with Gasteiger partial charge < -0.3 is 20.2 Å². The monoisotopic (exact) mass is 316 g/mol. The van der Waals surface area contributed by atoms with E-state index >= 15 is 0 Å². The lowest BCUT2D eigenvalue weighted by atomic mass is 10.0. The Morgan fingerprint density at radius 2 is 2.00 bits per heavy atom. The minimum atomic E-state index is -1.11. The number of hydrogen-bond acceptors (Lipinski definition) is 4. The number of rotatable bonds is 7. The Morgan fingerprint density at radius 1 is 1.33 bits per heavy atom. The van der Waals surface area contributed by atoms with E-state index in [9.17, 15) is 14.4 Å². The van der Waals surface area contributed by atoms with Crippen LogP contribution in [0.1, 0.15) is 30.8 Å². The predicted molar refractivity (Wildman–Crippen MR) is 75.1 cm³/mol. The molecule has 0 aliphatic rings. The van der Waals surface area contributed by atoms with E-state index in [1.807, 2.05) is 13.8 Å². The minimum absolute atomic E-state index is 0.0234. The lowest BCUT2D eigenvalue weighted by Gasteiger charge is -2.16. The number of nitrogens with one attached hydrogen (secondary N) is 2. The summed E-state index contributed by atoms with van der Waals surface area (Å²) < 4.78 is 4.88. The second kappa shape index (κ2) is 7.68. The SMILES string of the molecule is CC(C)C[C@H](NC(=O)CNC(=O)c1ccc(Cl)o1)C(=O)O. The number of carboxylic acid groups (broad SMARTS) is 1. The molecule has 1 heterocycles. The fraction of sp³-hybridized carbons (Fsp3) is 0.462. The van der Waals surface area contributed by atoms with Crippen LogP contribution in [0.3, 0.4) is 0 Å². The van der Waals surface area contributed by atoms with Crippen molar-refractivity contribution in [3.63, 3.8) is 0 Å². The maximum Gasteiger partial charge on any atom is 0.326 e. The number of aliphatic carboxylic acids is 1. The Kier molecular flexibility index (Phi) is 6.23. The second-order valence-electron chi connectivity index (χ2n) is 4.87. The van der Waals surface area contributed by atoms with Crippen molar-refractivity contribution in [1.29, 1.82) is 0 Å². The van der Waals surface area contributed by atoms with E-state index in [0.717, 1.165) is 0 Å². The molecule has 0 unspecified atom stereocenters. The molecule has 1 rings (SSSR count). The van der Waals surface area contributed by atoms with Gasteiger partial charge in [0.05, 0.1) is 6.54 Å². The van der Waals surface area contributed by atoms with Crippen molar-refractivity contribution < 1.29 is 23.9 Å². The Hall–Kier alpha value is -2.02. The van der Waals surface area contributed by atoms with Crippen LogP contribution >= 0.6 is 11.6 Å². The highest BCUT2D eigenvalue weighted by molar-refractivity contribution is 6.29. The smallest absolute Gasteiger partial charge is 0.326 e. The molecule has 7 nitrogen and oxygen atoms in total. The van der Waals surface area contributed by atoms with Crippen LogP contribution < -0.4 is 10.6 Å². The number of furan rings is 1. The molecule has 2 amide bonds. The lowest BCUT2D eigenvalue weighted by Crippen LogP contribution is -2.46. The van der Waals surface area contributed by atoms with E-state index in [2.05, 4.69) is 10.6 Å². The van der Waals surface area contributed by atoms with Gasteiger partial charge in [-0.25, -0.2) is 4.79 Å². The molecule has 0 saturated heterocycles. The largest absolute Gasteiger partial charge is 0.480 e. The average Bonchev–Trinajstić information content (AvgIpc) is 2.81. The molecule has 0 spiro atoms. The van der Waals surface area contributed by atoms with Crippen LogP contribution in [0.2, 0.25) is 5.22 Å². The lowest BCUT2D eigenvalue weighted by molar-refractivity contribution is -0.142. The molecular formula is C13H17ClN2O5. The highest BCUT2D eigenvalue weighted by Gasteiger charge is 2.21. The van der Waals surface area contributed by atoms with Gasteiger partial charge in [0, 0.05) is 0 Å². The van der Waals surface area contributed by atoms with E-state index in [-0.39, 0.29) is 23.4 Å². The number of halogens is 1. The van der Waals surface area contributed by atoms with Gasteiger partial charge in [-0.3, -0.25) is 9.59 Å². The molecular weight excluding hydrogens is 300 g/mol. The maximum absolute atomic E-state index is 11.6. The fourth-order valence-corrected chi connectivity index (χ4v) is 1.77. The number of amides is 2. The van der Waals surface area contributed by atoms with Crippen molar-refractivity contribution in [3.05, 3.63) is 23.1 Å². The first-order valence-corrected chi connectivity index (χ1v) is 6.73. The van der Waals surface area contributed by atoms with E-state index in [0.29, 0.717) is 6.42 Å². The summed E-state index contributed by atoms with van der Waals surface area (Å²) in [6.07, 6.45) is 0.308. The molecule has 0 bridgehead atoms. The van der Waals surface area contributed by atoms with Crippen LogP contribution in [0.5, 0.6) is 0 Å². The standard InChI is InChI=1S/C13H17ClN2O5/c1-7(2)5-8(13(19)20)16-11(17)6-15-12(18)9-3-4-10(14)21-9/h3-4,7-8H,5-6H2,1-2H3,(H,15,18)(H,16,17)(H,19,20)/t8-/m0/s1. The summed E-state index contributed by atoms with van der Waals surface area (Å²) in [5, 5.41) is 13.7. The van der Waals surface area contributed by atoms with Crippen molar-refractivity contribution in [1.82, 2.24) is 10.6 Å². The van der Waals surface area contributed by atoms with Gasteiger partial charge >= 0.3 is 5.97 Å². The van der Waals surface area contributed by atoms with Gasteiger partial charge in [-0.2, -0.15) is 0 Å². The third-order valence-electron chi connectivity index (χ3n) is 2.55. The first kappa shape index (κ1) is 17.0. The van der Waals surface area contributed by atoms with Gasteiger partial charge in [-0.05, 0) is 36.1 Å². The molecule has 1 aromatic rings. The van der Waals surface area contributed by atoms with Crippen LogP contribution in [0.25, 0.3) is 0 Å². The van der Waals surface area contributed by atoms with E-state index in [1.165, 1.54) is 12.1 Å². The van der Waals surface area contributed by atoms with E-state index in [1.54, 1.807) is 0 Å². The summed E-state index contributed by atoms with van der Waals surface area (Å²) in [7, 11) is 0. The van der Waals surface area contributed by atoms with Gasteiger partial charge in [-0.15, -0.1) is 0 Å². The predicted octanol–water partition coefficient (Wildman–Crippen LogP) is 1.28. The number of carboxylic acids is 1. The van der Waals surface area contributed by atoms with E-state index < -0.39 is 23.8 Å². The van der Waals surface area contributed by atoms with Crippen LogP contribution in [0.15, 0.2) is 16.5 Å². The molecule has 0 aromatic carbocycles. The zero-order valence-corrected chi connectivity index (χ0v) is 12.4. The van der Waals surface area contributed by atoms with Crippen molar-refractivity contribution >= 4 is 29.4 Å². The van der Waals surface area contributed by atoms with Crippen LogP contribution in [-0.4, -0.2) is 35.5 Å². The summed E-state index contributed by atoms with van der Waals surface area (Å²) in [5.74, 6) is -2.21. The number of hydrogen-bond donors (Lipinski definition) is 3. The average molecular weight is 317 g/mol. The second-order valence-corrected chi connectivity index (χ2v) is 5.25. The van der Waals surface area contributed by atoms with Crippen molar-refractivity contribution in [2.75, 3.05) is 6.54 Å². The maximum atomic E-state index is 11.6. The van der Waals surface area contributed by atoms with Crippen molar-refractivity contribution in [2.24, 2.45) is 5.92 Å². The number of carbonyl (C=O) groups is 3. The summed E-state index contributed by atoms with van der Waals surface area (Å²) >= 11 is 5.53. The van der Waals surface area contributed by atoms with E-state index in [4.69, 9.17) is 21.1 Å². The van der Waals surface area contributed by atoms with Gasteiger partial charge in [0.15, 0.2) is 11.0 Å². The molecule has 21 heavy (non-hydrogen) atoms. The van der Waals surface area contributed by atoms with Gasteiger partial charge in [0.2, 0.25) is 5.91 Å². The Labute approximate surface area is 126 Å². The first-order chi connectivity index (χ1) is 9.79. The molecule has 116 valence electrons. The molecule has 0 saturated carbocycles. The van der Waals surface area contributed by atoms with Crippen molar-refractivity contribution in [3.8, 4) is 0 Å². The summed E-state index contributed by atoms with van der Waals surface area (Å²) in [4.78, 5) is 34.2.